The number of aliphatic carboxylic acids is 1. The van der Waals surface area contributed by atoms with Gasteiger partial charge in [0.25, 0.3) is 0 Å². The highest BCUT2D eigenvalue weighted by molar-refractivity contribution is 5.68. The van der Waals surface area contributed by atoms with E-state index in [9.17, 15) is 9.59 Å². The number of nitrogens with zero attached hydrogens (tertiary/aromatic N) is 1. The number of likely N-dealkylation sites (tertiary alicyclic amines) is 1. The first kappa shape index (κ1) is 15.8. The molecule has 0 saturated carbocycles. The average Bonchev–Trinajstić information content (AvgIpc) is 2.54. The summed E-state index contributed by atoms with van der Waals surface area (Å²) in [5.74, 6) is -0.780. The van der Waals surface area contributed by atoms with Gasteiger partial charge in [0.15, 0.2) is 0 Å². The van der Waals surface area contributed by atoms with Gasteiger partial charge in [-0.25, -0.2) is 4.79 Å². The molecule has 0 bridgehead atoms. The summed E-state index contributed by atoms with van der Waals surface area (Å²) in [5, 5.41) is 11.5. The van der Waals surface area contributed by atoms with Crippen molar-refractivity contribution in [1.29, 1.82) is 0 Å². The molecule has 6 heteroatoms. The Balaban J connectivity index is 2.35. The maximum atomic E-state index is 11.5. The van der Waals surface area contributed by atoms with E-state index in [2.05, 4.69) is 5.32 Å². The fourth-order valence-corrected chi connectivity index (χ4v) is 2.30. The summed E-state index contributed by atoms with van der Waals surface area (Å²) < 4.78 is 5.16. The molecule has 2 N–H and O–H groups in total. The summed E-state index contributed by atoms with van der Waals surface area (Å²) in [6.07, 6.45) is 1.47. The molecule has 1 rings (SSSR count). The van der Waals surface area contributed by atoms with Crippen molar-refractivity contribution in [3.8, 4) is 0 Å². The number of carboxylic acids is 1. The molecule has 0 spiro atoms. The SMILES string of the molecule is CN1[C@@H](CNC(=O)OC(C)(C)C)CC[C@H]1CC(=O)O. The summed E-state index contributed by atoms with van der Waals surface area (Å²) in [7, 11) is 1.90. The van der Waals surface area contributed by atoms with Crippen molar-refractivity contribution in [1.82, 2.24) is 10.2 Å². The molecule has 1 saturated heterocycles. The topological polar surface area (TPSA) is 78.9 Å². The third-order valence-corrected chi connectivity index (χ3v) is 3.28. The van der Waals surface area contributed by atoms with Crippen LogP contribution in [0, 0.1) is 0 Å². The lowest BCUT2D eigenvalue weighted by Gasteiger charge is -2.26. The van der Waals surface area contributed by atoms with Gasteiger partial charge in [0.1, 0.15) is 5.60 Å². The second-order valence-electron chi connectivity index (χ2n) is 6.03. The van der Waals surface area contributed by atoms with E-state index in [1.54, 1.807) is 0 Å². The van der Waals surface area contributed by atoms with E-state index in [4.69, 9.17) is 9.84 Å². The first-order chi connectivity index (χ1) is 8.69. The van der Waals surface area contributed by atoms with Crippen LogP contribution in [0.3, 0.4) is 0 Å². The summed E-state index contributed by atoms with van der Waals surface area (Å²) in [6, 6.07) is 0.236. The number of amides is 1. The highest BCUT2D eigenvalue weighted by Crippen LogP contribution is 2.24. The van der Waals surface area contributed by atoms with Crippen molar-refractivity contribution >= 4 is 12.1 Å². The molecule has 6 nitrogen and oxygen atoms in total. The lowest BCUT2D eigenvalue weighted by Crippen LogP contribution is -2.43. The molecule has 0 radical (unpaired) electrons. The standard InChI is InChI=1S/C13H24N2O4/c1-13(2,3)19-12(18)14-8-10-6-5-9(15(10)4)7-11(16)17/h9-10H,5-8H2,1-4H3,(H,14,18)(H,16,17)/t9-,10+/m0/s1. The van der Waals surface area contributed by atoms with Crippen LogP contribution in [0.25, 0.3) is 0 Å². The maximum absolute atomic E-state index is 11.5. The molecule has 1 aliphatic rings. The molecule has 0 aromatic carbocycles. The normalized spacial score (nSPS) is 24.2. The Labute approximate surface area is 114 Å². The Morgan fingerprint density at radius 3 is 2.42 bits per heavy atom. The highest BCUT2D eigenvalue weighted by atomic mass is 16.6. The van der Waals surface area contributed by atoms with E-state index < -0.39 is 17.7 Å². The molecule has 19 heavy (non-hydrogen) atoms. The van der Waals surface area contributed by atoms with E-state index in [1.165, 1.54) is 0 Å². The quantitative estimate of drug-likeness (QED) is 0.809. The third kappa shape index (κ3) is 5.46. The summed E-state index contributed by atoms with van der Waals surface area (Å²) in [6.45, 7) is 5.94. The minimum atomic E-state index is -0.780. The molecule has 1 aliphatic heterocycles. The van der Waals surface area contributed by atoms with Crippen molar-refractivity contribution < 1.29 is 19.4 Å². The molecule has 2 atom stereocenters. The van der Waals surface area contributed by atoms with Crippen LogP contribution in [-0.2, 0) is 9.53 Å². The number of carboxylic acid groups (broad SMARTS) is 1. The second kappa shape index (κ2) is 6.23. The van der Waals surface area contributed by atoms with E-state index in [-0.39, 0.29) is 18.5 Å². The Hall–Kier alpha value is -1.30. The number of likely N-dealkylation sites (N-methyl/N-ethyl adjacent to an activating group) is 1. The van der Waals surface area contributed by atoms with Crippen LogP contribution in [0.1, 0.15) is 40.0 Å². The zero-order valence-electron chi connectivity index (χ0n) is 12.1. The van der Waals surface area contributed by atoms with E-state index in [1.807, 2.05) is 32.7 Å². The van der Waals surface area contributed by atoms with E-state index >= 15 is 0 Å². The number of hydrogen-bond donors (Lipinski definition) is 2. The molecule has 0 aliphatic carbocycles. The molecule has 0 aromatic rings. The lowest BCUT2D eigenvalue weighted by molar-refractivity contribution is -0.138. The van der Waals surface area contributed by atoms with Gasteiger partial charge in [0.05, 0.1) is 6.42 Å². The Bertz CT molecular complexity index is 338. The lowest BCUT2D eigenvalue weighted by atomic mass is 10.1. The molecule has 0 unspecified atom stereocenters. The van der Waals surface area contributed by atoms with Crippen LogP contribution in [0.4, 0.5) is 4.79 Å². The van der Waals surface area contributed by atoms with Gasteiger partial charge in [0.2, 0.25) is 0 Å². The summed E-state index contributed by atoms with van der Waals surface area (Å²) >= 11 is 0. The maximum Gasteiger partial charge on any atom is 0.407 e. The summed E-state index contributed by atoms with van der Waals surface area (Å²) in [4.78, 5) is 24.3. The van der Waals surface area contributed by atoms with Gasteiger partial charge in [-0.15, -0.1) is 0 Å². The van der Waals surface area contributed by atoms with Gasteiger partial charge in [-0.05, 0) is 40.7 Å². The van der Waals surface area contributed by atoms with Crippen molar-refractivity contribution in [2.75, 3.05) is 13.6 Å². The number of carbonyl (C=O) groups excluding carboxylic acids is 1. The number of ether oxygens (including phenoxy) is 1. The first-order valence-electron chi connectivity index (χ1n) is 6.59. The molecule has 1 heterocycles. The number of alkyl carbamates (subject to hydrolysis) is 1. The molecular weight excluding hydrogens is 248 g/mol. The molecule has 1 fully saturated rings. The molecule has 1 amide bonds. The Morgan fingerprint density at radius 1 is 1.32 bits per heavy atom. The fraction of sp³-hybridized carbons (Fsp3) is 0.846. The number of nitrogens with one attached hydrogen (secondary N) is 1. The van der Waals surface area contributed by atoms with Crippen molar-refractivity contribution in [3.63, 3.8) is 0 Å². The monoisotopic (exact) mass is 272 g/mol. The largest absolute Gasteiger partial charge is 0.481 e. The van der Waals surface area contributed by atoms with Gasteiger partial charge in [-0.1, -0.05) is 0 Å². The average molecular weight is 272 g/mol. The molecule has 0 aromatic heterocycles. The van der Waals surface area contributed by atoms with Crippen molar-refractivity contribution in [2.24, 2.45) is 0 Å². The number of hydrogen-bond acceptors (Lipinski definition) is 4. The van der Waals surface area contributed by atoms with Crippen LogP contribution < -0.4 is 5.32 Å². The van der Waals surface area contributed by atoms with Gasteiger partial charge in [-0.2, -0.15) is 0 Å². The Morgan fingerprint density at radius 2 is 1.89 bits per heavy atom. The van der Waals surface area contributed by atoms with E-state index in [0.29, 0.717) is 6.54 Å². The first-order valence-corrected chi connectivity index (χ1v) is 6.59. The van der Waals surface area contributed by atoms with Crippen molar-refractivity contribution in [2.45, 2.75) is 57.7 Å². The predicted molar refractivity (Wildman–Crippen MR) is 71.1 cm³/mol. The predicted octanol–water partition coefficient (Wildman–Crippen LogP) is 1.45. The zero-order chi connectivity index (χ0) is 14.6. The second-order valence-corrected chi connectivity index (χ2v) is 6.03. The smallest absolute Gasteiger partial charge is 0.407 e. The van der Waals surface area contributed by atoms with Gasteiger partial charge in [0, 0.05) is 18.6 Å². The van der Waals surface area contributed by atoms with Crippen LogP contribution >= 0.6 is 0 Å². The number of rotatable bonds is 4. The van der Waals surface area contributed by atoms with Gasteiger partial charge in [-0.3, -0.25) is 9.69 Å². The fourth-order valence-electron chi connectivity index (χ4n) is 2.30. The van der Waals surface area contributed by atoms with Crippen molar-refractivity contribution in [3.05, 3.63) is 0 Å². The van der Waals surface area contributed by atoms with Gasteiger partial charge < -0.3 is 15.2 Å². The molecular formula is C13H24N2O4. The van der Waals surface area contributed by atoms with E-state index in [0.717, 1.165) is 12.8 Å². The van der Waals surface area contributed by atoms with Crippen LogP contribution in [-0.4, -0.2) is 53.3 Å². The zero-order valence-corrected chi connectivity index (χ0v) is 12.1. The minimum Gasteiger partial charge on any atom is -0.481 e. The minimum absolute atomic E-state index is 0.0583. The van der Waals surface area contributed by atoms with Crippen LogP contribution in [0.15, 0.2) is 0 Å². The Kier molecular flexibility index (Phi) is 5.17. The summed E-state index contributed by atoms with van der Waals surface area (Å²) in [5.41, 5.74) is -0.502. The molecule has 110 valence electrons. The van der Waals surface area contributed by atoms with Crippen LogP contribution in [0.5, 0.6) is 0 Å². The van der Waals surface area contributed by atoms with Gasteiger partial charge >= 0.3 is 12.1 Å². The van der Waals surface area contributed by atoms with Crippen LogP contribution in [0.2, 0.25) is 0 Å². The third-order valence-electron chi connectivity index (χ3n) is 3.28. The number of carbonyl (C=O) groups is 2. The highest BCUT2D eigenvalue weighted by Gasteiger charge is 2.32.